The number of hydrogen-bond acceptors (Lipinski definition) is 9. The molecule has 0 unspecified atom stereocenters. The summed E-state index contributed by atoms with van der Waals surface area (Å²) in [4.78, 5) is 62.5. The lowest BCUT2D eigenvalue weighted by molar-refractivity contribution is -0.141. The fourth-order valence-corrected chi connectivity index (χ4v) is 8.63. The number of oxime groups is 1. The molecule has 2 heterocycles. The Bertz CT molecular complexity index is 1590. The highest BCUT2D eigenvalue weighted by atomic mass is 32.2. The summed E-state index contributed by atoms with van der Waals surface area (Å²) in [7, 11) is -3.86. The molecule has 13 nitrogen and oxygen atoms in total. The van der Waals surface area contributed by atoms with E-state index >= 15 is 0 Å². The molecule has 50 heavy (non-hydrogen) atoms. The van der Waals surface area contributed by atoms with E-state index in [2.05, 4.69) is 20.5 Å². The summed E-state index contributed by atoms with van der Waals surface area (Å²) in [6, 6.07) is 7.58. The minimum atomic E-state index is -3.86. The Hall–Kier alpha value is -3.94. The molecule has 1 aromatic rings. The molecule has 4 amide bonds. The van der Waals surface area contributed by atoms with Crippen LogP contribution in [0.1, 0.15) is 102 Å². The molecule has 0 bridgehead atoms. The number of nitrogens with one attached hydrogen (secondary N) is 3. The van der Waals surface area contributed by atoms with Crippen molar-refractivity contribution < 1.29 is 37.2 Å². The van der Waals surface area contributed by atoms with Gasteiger partial charge in [0, 0.05) is 12.3 Å². The average molecular weight is 712 g/mol. The number of allylic oxidation sites excluding steroid dienone is 1. The normalized spacial score (nSPS) is 30.2. The van der Waals surface area contributed by atoms with E-state index in [1.165, 1.54) is 4.90 Å². The third-order valence-electron chi connectivity index (χ3n) is 10.5. The van der Waals surface area contributed by atoms with E-state index in [0.29, 0.717) is 37.8 Å². The summed E-state index contributed by atoms with van der Waals surface area (Å²) in [5.41, 5.74) is 0.135. The van der Waals surface area contributed by atoms with E-state index in [1.807, 2.05) is 49.4 Å². The van der Waals surface area contributed by atoms with Crippen LogP contribution in [0.3, 0.4) is 0 Å². The van der Waals surface area contributed by atoms with Gasteiger partial charge in [0.05, 0.1) is 17.5 Å². The first-order valence-corrected chi connectivity index (χ1v) is 19.7. The van der Waals surface area contributed by atoms with Crippen LogP contribution < -0.4 is 15.4 Å². The molecule has 0 radical (unpaired) electrons. The molecule has 6 rings (SSSR count). The number of rotatable bonds is 9. The highest BCUT2D eigenvalue weighted by Crippen LogP contribution is 2.46. The standard InChI is InChI=1S/C36H49N5O8S/c1-2-29(24-13-7-6-8-14-24)39-49-27-21-31-32(42)38-36(34(44)40-50(46,47)28-19-20-28)22-25(36)15-9-4-3-5-10-18-30(33(43)41(31)23-27)37-35(45)48-26-16-11-12-17-26/h6-9,13-15,25-28,30-31H,2-5,10-12,16-23H2,1H3,(H,37,45)(H,38,42)(H,40,44)/b15-9-,39-29+/t25-,27-,30+,31+,36+/m1/s1. The van der Waals surface area contributed by atoms with Crippen LogP contribution in [0.15, 0.2) is 47.6 Å². The lowest BCUT2D eigenvalue weighted by Gasteiger charge is -2.30. The van der Waals surface area contributed by atoms with Crippen molar-refractivity contribution in [3.05, 3.63) is 48.0 Å². The predicted octanol–water partition coefficient (Wildman–Crippen LogP) is 3.83. The molecule has 5 aliphatic rings. The molecule has 3 aliphatic carbocycles. The second-order valence-electron chi connectivity index (χ2n) is 14.2. The van der Waals surface area contributed by atoms with Crippen molar-refractivity contribution >= 4 is 39.5 Å². The van der Waals surface area contributed by atoms with Gasteiger partial charge in [-0.1, -0.05) is 67.4 Å². The van der Waals surface area contributed by atoms with Crippen molar-refractivity contribution in [1.29, 1.82) is 0 Å². The lowest BCUT2D eigenvalue weighted by Crippen LogP contribution is -2.58. The maximum Gasteiger partial charge on any atom is 0.408 e. The Labute approximate surface area is 294 Å². The number of ether oxygens (including phenoxy) is 1. The highest BCUT2D eigenvalue weighted by Gasteiger charge is 2.62. The van der Waals surface area contributed by atoms with Gasteiger partial charge in [-0.2, -0.15) is 0 Å². The zero-order chi connectivity index (χ0) is 35.3. The first-order chi connectivity index (χ1) is 24.1. The van der Waals surface area contributed by atoms with Crippen LogP contribution in [0.5, 0.6) is 0 Å². The fraction of sp³-hybridized carbons (Fsp3) is 0.639. The molecule has 4 fully saturated rings. The van der Waals surface area contributed by atoms with Crippen LogP contribution in [-0.4, -0.2) is 84.5 Å². The van der Waals surface area contributed by atoms with Crippen LogP contribution in [0.25, 0.3) is 0 Å². The third-order valence-corrected chi connectivity index (χ3v) is 12.3. The van der Waals surface area contributed by atoms with Gasteiger partial charge in [0.2, 0.25) is 21.8 Å². The molecule has 1 aromatic carbocycles. The second kappa shape index (κ2) is 15.5. The fourth-order valence-electron chi connectivity index (χ4n) is 7.26. The number of sulfonamides is 1. The minimum absolute atomic E-state index is 0.0284. The monoisotopic (exact) mass is 711 g/mol. The van der Waals surface area contributed by atoms with Crippen LogP contribution in [-0.2, 0) is 34.0 Å². The largest absolute Gasteiger partial charge is 0.446 e. The molecule has 5 atom stereocenters. The van der Waals surface area contributed by atoms with Gasteiger partial charge in [-0.25, -0.2) is 13.2 Å². The zero-order valence-corrected chi connectivity index (χ0v) is 29.5. The zero-order valence-electron chi connectivity index (χ0n) is 28.7. The molecular formula is C36H49N5O8S. The van der Waals surface area contributed by atoms with Crippen LogP contribution >= 0.6 is 0 Å². The van der Waals surface area contributed by atoms with E-state index in [-0.39, 0.29) is 25.5 Å². The molecule has 3 saturated carbocycles. The van der Waals surface area contributed by atoms with E-state index in [0.717, 1.165) is 50.5 Å². The van der Waals surface area contributed by atoms with Gasteiger partial charge in [-0.3, -0.25) is 19.1 Å². The van der Waals surface area contributed by atoms with Crippen molar-refractivity contribution in [2.24, 2.45) is 11.1 Å². The summed E-state index contributed by atoms with van der Waals surface area (Å²) in [6.45, 7) is 1.99. The SMILES string of the molecule is CC/C(=N\O[C@@H]1C[C@H]2C(=O)N[C@@]3(C(=O)NS(=O)(=O)C4CC4)C[C@H]3/C=C\CCCCC[C@H](NC(=O)OC3CCCC3)C(=O)N2C1)c1ccccc1. The Kier molecular flexibility index (Phi) is 11.1. The van der Waals surface area contributed by atoms with Gasteiger partial charge in [0.25, 0.3) is 5.91 Å². The molecule has 2 aliphatic heterocycles. The van der Waals surface area contributed by atoms with Crippen LogP contribution in [0, 0.1) is 5.92 Å². The maximum atomic E-state index is 14.3. The quantitative estimate of drug-likeness (QED) is 0.197. The number of carbonyl (C=O) groups excluding carboxylic acids is 4. The van der Waals surface area contributed by atoms with Gasteiger partial charge < -0.3 is 25.1 Å². The Morgan fingerprint density at radius 3 is 2.46 bits per heavy atom. The number of nitrogens with zero attached hydrogens (tertiary/aromatic N) is 2. The first kappa shape index (κ1) is 35.9. The Morgan fingerprint density at radius 1 is 1.00 bits per heavy atom. The number of amides is 4. The molecular weight excluding hydrogens is 662 g/mol. The molecule has 0 spiro atoms. The number of benzene rings is 1. The van der Waals surface area contributed by atoms with E-state index in [4.69, 9.17) is 9.57 Å². The van der Waals surface area contributed by atoms with E-state index in [9.17, 15) is 27.6 Å². The molecule has 1 saturated heterocycles. The first-order valence-electron chi connectivity index (χ1n) is 18.2. The van der Waals surface area contributed by atoms with Crippen molar-refractivity contribution in [3.63, 3.8) is 0 Å². The topological polar surface area (TPSA) is 173 Å². The van der Waals surface area contributed by atoms with Crippen LogP contribution in [0.2, 0.25) is 0 Å². The molecule has 0 aromatic heterocycles. The predicted molar refractivity (Wildman–Crippen MR) is 185 cm³/mol. The van der Waals surface area contributed by atoms with Crippen LogP contribution in [0.4, 0.5) is 4.79 Å². The Balaban J connectivity index is 1.26. The number of hydrogen-bond donors (Lipinski definition) is 3. The van der Waals surface area contributed by atoms with Gasteiger partial charge in [0.15, 0.2) is 0 Å². The summed E-state index contributed by atoms with van der Waals surface area (Å²) in [5.74, 6) is -2.21. The van der Waals surface area contributed by atoms with Gasteiger partial charge in [0.1, 0.15) is 29.8 Å². The number of alkyl carbamates (subject to hydrolysis) is 1. The highest BCUT2D eigenvalue weighted by molar-refractivity contribution is 7.91. The Morgan fingerprint density at radius 2 is 1.74 bits per heavy atom. The van der Waals surface area contributed by atoms with Crippen molar-refractivity contribution in [2.45, 2.75) is 132 Å². The van der Waals surface area contributed by atoms with Crippen molar-refractivity contribution in [3.8, 4) is 0 Å². The molecule has 14 heteroatoms. The van der Waals surface area contributed by atoms with E-state index < -0.39 is 68.7 Å². The molecule has 272 valence electrons. The maximum absolute atomic E-state index is 14.3. The summed E-state index contributed by atoms with van der Waals surface area (Å²) in [6.07, 6.45) is 11.1. The van der Waals surface area contributed by atoms with Crippen molar-refractivity contribution in [1.82, 2.24) is 20.3 Å². The van der Waals surface area contributed by atoms with Crippen molar-refractivity contribution in [2.75, 3.05) is 6.54 Å². The second-order valence-corrected chi connectivity index (χ2v) is 16.2. The van der Waals surface area contributed by atoms with Gasteiger partial charge >= 0.3 is 6.09 Å². The number of fused-ring (bicyclic) bond motifs is 2. The average Bonchev–Trinajstić information content (AvgIpc) is 3.97. The third kappa shape index (κ3) is 8.50. The lowest BCUT2D eigenvalue weighted by atomic mass is 10.0. The summed E-state index contributed by atoms with van der Waals surface area (Å²) in [5, 5.41) is 9.49. The molecule has 3 N–H and O–H groups in total. The van der Waals surface area contributed by atoms with Gasteiger partial charge in [-0.15, -0.1) is 0 Å². The van der Waals surface area contributed by atoms with Gasteiger partial charge in [-0.05, 0) is 76.2 Å². The minimum Gasteiger partial charge on any atom is -0.446 e. The smallest absolute Gasteiger partial charge is 0.408 e. The number of carbonyl (C=O) groups is 4. The summed E-state index contributed by atoms with van der Waals surface area (Å²) < 4.78 is 33.4. The van der Waals surface area contributed by atoms with E-state index in [1.54, 1.807) is 0 Å². The summed E-state index contributed by atoms with van der Waals surface area (Å²) >= 11 is 0.